The molecule has 0 aliphatic carbocycles. The molecule has 9 nitrogen and oxygen atoms in total. The van der Waals surface area contributed by atoms with Crippen molar-refractivity contribution in [2.45, 2.75) is 38.4 Å². The quantitative estimate of drug-likeness (QED) is 0.300. The van der Waals surface area contributed by atoms with Crippen molar-refractivity contribution >= 4 is 21.8 Å². The third-order valence-corrected chi connectivity index (χ3v) is 6.53. The lowest BCUT2D eigenvalue weighted by Crippen LogP contribution is -2.54. The lowest BCUT2D eigenvalue weighted by atomic mass is 10.0. The Morgan fingerprint density at radius 1 is 0.846 bits per heavy atom. The monoisotopic (exact) mass is 548 g/mol. The number of hydrogen-bond donors (Lipinski definition) is 3. The van der Waals surface area contributed by atoms with Crippen LogP contribution in [0.25, 0.3) is 0 Å². The molecular weight excluding hydrogens is 516 g/mol. The average Bonchev–Trinajstić information content (AvgIpc) is 2.92. The molecular formula is C29H32N4O5S. The molecule has 0 fully saturated rings. The Morgan fingerprint density at radius 3 is 2.03 bits per heavy atom. The maximum absolute atomic E-state index is 13.4. The second-order valence-corrected chi connectivity index (χ2v) is 10.8. The molecule has 3 aromatic rings. The molecule has 0 spiro atoms. The normalized spacial score (nSPS) is 12.5. The summed E-state index contributed by atoms with van der Waals surface area (Å²) in [6.45, 7) is 2.58. The van der Waals surface area contributed by atoms with Gasteiger partial charge < -0.3 is 15.4 Å². The summed E-state index contributed by atoms with van der Waals surface area (Å²) in [5.41, 5.74) is 2.85. The van der Waals surface area contributed by atoms with E-state index in [9.17, 15) is 18.0 Å². The summed E-state index contributed by atoms with van der Waals surface area (Å²) in [5, 5.41) is 14.6. The number of carbonyl (C=O) groups excluding carboxylic acids is 2. The van der Waals surface area contributed by atoms with Gasteiger partial charge in [0.1, 0.15) is 17.8 Å². The fourth-order valence-electron chi connectivity index (χ4n) is 3.91. The maximum atomic E-state index is 13.4. The minimum Gasteiger partial charge on any atom is -0.494 e. The Kier molecular flexibility index (Phi) is 10.6. The van der Waals surface area contributed by atoms with E-state index in [1.807, 2.05) is 43.3 Å². The average molecular weight is 549 g/mol. The molecule has 0 unspecified atom stereocenters. The Balaban J connectivity index is 1.77. The largest absolute Gasteiger partial charge is 0.494 e. The Morgan fingerprint density at radius 2 is 1.44 bits per heavy atom. The lowest BCUT2D eigenvalue weighted by Gasteiger charge is -2.23. The van der Waals surface area contributed by atoms with Crippen LogP contribution in [-0.2, 0) is 39.0 Å². The molecule has 3 aromatic carbocycles. The zero-order valence-electron chi connectivity index (χ0n) is 21.9. The smallest absolute Gasteiger partial charge is 0.243 e. The van der Waals surface area contributed by atoms with Crippen LogP contribution in [-0.4, -0.2) is 45.2 Å². The highest BCUT2D eigenvalue weighted by Crippen LogP contribution is 2.14. The first-order valence-electron chi connectivity index (χ1n) is 12.5. The van der Waals surface area contributed by atoms with Crippen molar-refractivity contribution in [3.8, 4) is 11.8 Å². The third-order valence-electron chi connectivity index (χ3n) is 5.81. The molecule has 3 N–H and O–H groups in total. The number of rotatable bonds is 13. The van der Waals surface area contributed by atoms with Crippen LogP contribution in [0.5, 0.6) is 5.75 Å². The molecule has 2 atom stereocenters. The van der Waals surface area contributed by atoms with Crippen molar-refractivity contribution in [1.29, 1.82) is 5.26 Å². The summed E-state index contributed by atoms with van der Waals surface area (Å²) in [7, 11) is -3.73. The summed E-state index contributed by atoms with van der Waals surface area (Å²) in [5.74, 6) is -0.375. The summed E-state index contributed by atoms with van der Waals surface area (Å²) in [4.78, 5) is 26.6. The Bertz CT molecular complexity index is 1390. The van der Waals surface area contributed by atoms with Crippen molar-refractivity contribution in [3.63, 3.8) is 0 Å². The molecule has 0 aromatic heterocycles. The van der Waals surface area contributed by atoms with Gasteiger partial charge in [-0.25, -0.2) is 13.1 Å². The molecule has 3 rings (SSSR count). The highest BCUT2D eigenvalue weighted by atomic mass is 32.2. The summed E-state index contributed by atoms with van der Waals surface area (Å²) >= 11 is 0. The van der Waals surface area contributed by atoms with Gasteiger partial charge in [0.2, 0.25) is 21.8 Å². The molecule has 0 heterocycles. The van der Waals surface area contributed by atoms with Gasteiger partial charge in [-0.2, -0.15) is 5.26 Å². The van der Waals surface area contributed by atoms with Crippen molar-refractivity contribution in [3.05, 3.63) is 101 Å². The number of nitriles is 1. The highest BCUT2D eigenvalue weighted by Gasteiger charge is 2.28. The number of sulfonamides is 1. The fraction of sp³-hybridized carbons (Fsp3) is 0.276. The van der Waals surface area contributed by atoms with E-state index in [0.717, 1.165) is 22.9 Å². The number of nitrogens with zero attached hydrogens (tertiary/aromatic N) is 1. The van der Waals surface area contributed by atoms with Crippen molar-refractivity contribution < 1.29 is 22.7 Å². The number of amides is 2. The number of nitrogens with one attached hydrogen (secondary N) is 3. The Labute approximate surface area is 229 Å². The van der Waals surface area contributed by atoms with Gasteiger partial charge in [-0.3, -0.25) is 9.59 Å². The van der Waals surface area contributed by atoms with E-state index in [-0.39, 0.29) is 19.4 Å². The first kappa shape index (κ1) is 29.4. The summed E-state index contributed by atoms with van der Waals surface area (Å²) < 4.78 is 32.0. The second kappa shape index (κ2) is 14.1. The van der Waals surface area contributed by atoms with E-state index in [2.05, 4.69) is 15.4 Å². The first-order valence-corrected chi connectivity index (χ1v) is 14.4. The van der Waals surface area contributed by atoms with Crippen LogP contribution in [0.3, 0.4) is 0 Å². The number of benzene rings is 3. The van der Waals surface area contributed by atoms with Gasteiger partial charge in [-0.15, -0.1) is 0 Å². The van der Waals surface area contributed by atoms with Crippen LogP contribution in [0.15, 0.2) is 78.9 Å². The van der Waals surface area contributed by atoms with Crippen LogP contribution < -0.4 is 20.1 Å². The standard InChI is InChI=1S/C29H32N4O5S/c1-3-38-25-15-13-22(14-16-25)18-27(33-39(2,36)37)29(35)32-26(17-21-7-5-4-6-8-21)28(34)31-20-24-11-9-23(19-30)10-12-24/h4-16,26-27,33H,3,17-18,20H2,1-2H3,(H,31,34)(H,32,35)/t26-,27+/m0/s1. The maximum Gasteiger partial charge on any atom is 0.243 e. The van der Waals surface area contributed by atoms with Crippen LogP contribution in [0, 0.1) is 11.3 Å². The van der Waals surface area contributed by atoms with E-state index < -0.39 is 33.9 Å². The molecule has 204 valence electrons. The third kappa shape index (κ3) is 9.89. The van der Waals surface area contributed by atoms with Crippen molar-refractivity contribution in [1.82, 2.24) is 15.4 Å². The van der Waals surface area contributed by atoms with Gasteiger partial charge in [-0.05, 0) is 54.3 Å². The summed E-state index contributed by atoms with van der Waals surface area (Å²) in [6.07, 6.45) is 1.27. The SMILES string of the molecule is CCOc1ccc(C[C@@H](NS(C)(=O)=O)C(=O)N[C@@H](Cc2ccccc2)C(=O)NCc2ccc(C#N)cc2)cc1. The van der Waals surface area contributed by atoms with Gasteiger partial charge in [0.15, 0.2) is 0 Å². The van der Waals surface area contributed by atoms with Gasteiger partial charge >= 0.3 is 0 Å². The second-order valence-electron chi connectivity index (χ2n) is 9.00. The van der Waals surface area contributed by atoms with E-state index in [1.165, 1.54) is 0 Å². The van der Waals surface area contributed by atoms with Crippen LogP contribution >= 0.6 is 0 Å². The van der Waals surface area contributed by atoms with Gasteiger partial charge in [0.05, 0.1) is 24.5 Å². The Hall–Kier alpha value is -4.20. The zero-order chi connectivity index (χ0) is 28.3. The molecule has 2 amide bonds. The fourth-order valence-corrected chi connectivity index (χ4v) is 4.62. The molecule has 0 saturated heterocycles. The van der Waals surface area contributed by atoms with Crippen LogP contribution in [0.4, 0.5) is 0 Å². The number of carbonyl (C=O) groups is 2. The van der Waals surface area contributed by atoms with Crippen molar-refractivity contribution in [2.75, 3.05) is 12.9 Å². The number of ether oxygens (including phenoxy) is 1. The highest BCUT2D eigenvalue weighted by molar-refractivity contribution is 7.88. The molecule has 0 bridgehead atoms. The molecule has 0 radical (unpaired) electrons. The van der Waals surface area contributed by atoms with Gasteiger partial charge in [-0.1, -0.05) is 54.6 Å². The molecule has 39 heavy (non-hydrogen) atoms. The molecule has 10 heteroatoms. The predicted molar refractivity (Wildman–Crippen MR) is 148 cm³/mol. The van der Waals surface area contributed by atoms with Gasteiger partial charge in [0, 0.05) is 13.0 Å². The van der Waals surface area contributed by atoms with Gasteiger partial charge in [0.25, 0.3) is 0 Å². The molecule has 0 aliphatic rings. The van der Waals surface area contributed by atoms with E-state index in [1.54, 1.807) is 48.5 Å². The van der Waals surface area contributed by atoms with E-state index in [4.69, 9.17) is 10.00 Å². The first-order chi connectivity index (χ1) is 18.7. The predicted octanol–water partition coefficient (Wildman–Crippen LogP) is 2.46. The molecule has 0 saturated carbocycles. The minimum atomic E-state index is -3.73. The summed E-state index contributed by atoms with van der Waals surface area (Å²) in [6, 6.07) is 23.0. The minimum absolute atomic E-state index is 0.0796. The van der Waals surface area contributed by atoms with Crippen LogP contribution in [0.2, 0.25) is 0 Å². The van der Waals surface area contributed by atoms with E-state index in [0.29, 0.717) is 17.9 Å². The van der Waals surface area contributed by atoms with Crippen molar-refractivity contribution in [2.24, 2.45) is 0 Å². The topological polar surface area (TPSA) is 137 Å². The van der Waals surface area contributed by atoms with E-state index >= 15 is 0 Å². The molecule has 0 aliphatic heterocycles. The van der Waals surface area contributed by atoms with Crippen LogP contribution in [0.1, 0.15) is 29.2 Å². The zero-order valence-corrected chi connectivity index (χ0v) is 22.7. The number of hydrogen-bond acceptors (Lipinski definition) is 6. The lowest BCUT2D eigenvalue weighted by molar-refractivity contribution is -0.129.